The second kappa shape index (κ2) is 8.39. The first-order valence-corrected chi connectivity index (χ1v) is 8.35. The lowest BCUT2D eigenvalue weighted by atomic mass is 9.99. The molecule has 0 spiro atoms. The van der Waals surface area contributed by atoms with Gasteiger partial charge in [0.25, 0.3) is 0 Å². The maximum atomic E-state index is 14.5. The number of halogens is 1. The van der Waals surface area contributed by atoms with Crippen molar-refractivity contribution in [1.82, 2.24) is 0 Å². The molecule has 1 heterocycles. The van der Waals surface area contributed by atoms with Gasteiger partial charge in [-0.3, -0.25) is 0 Å². The Balaban J connectivity index is 2.38. The zero-order chi connectivity index (χ0) is 20.2. The van der Waals surface area contributed by atoms with Crippen LogP contribution in [0.25, 0.3) is 0 Å². The van der Waals surface area contributed by atoms with Gasteiger partial charge in [-0.05, 0) is 17.5 Å². The van der Waals surface area contributed by atoms with Crippen molar-refractivity contribution >= 4 is 17.6 Å². The van der Waals surface area contributed by atoms with Gasteiger partial charge in [-0.25, -0.2) is 14.0 Å². The molecule has 0 bridgehead atoms. The van der Waals surface area contributed by atoms with E-state index in [-0.39, 0.29) is 35.8 Å². The number of esters is 2. The maximum Gasteiger partial charge on any atom is 0.355 e. The summed E-state index contributed by atoms with van der Waals surface area (Å²) in [5.74, 6) is -1.95. The quantitative estimate of drug-likeness (QED) is 0.726. The summed E-state index contributed by atoms with van der Waals surface area (Å²) in [6.07, 6.45) is 0. The normalized spacial score (nSPS) is 14.8. The van der Waals surface area contributed by atoms with Gasteiger partial charge >= 0.3 is 11.9 Å². The van der Waals surface area contributed by atoms with Crippen LogP contribution in [0.1, 0.15) is 20.8 Å². The first kappa shape index (κ1) is 20.7. The molecule has 1 aliphatic rings. The molecule has 8 heteroatoms. The van der Waals surface area contributed by atoms with E-state index in [4.69, 9.17) is 18.9 Å². The second-order valence-electron chi connectivity index (χ2n) is 7.18. The van der Waals surface area contributed by atoms with Gasteiger partial charge in [0.05, 0.1) is 33.0 Å². The van der Waals surface area contributed by atoms with Gasteiger partial charge in [-0.2, -0.15) is 0 Å². The second-order valence-corrected chi connectivity index (χ2v) is 7.18. The Bertz CT molecular complexity index is 753. The van der Waals surface area contributed by atoms with Crippen LogP contribution < -0.4 is 9.64 Å². The van der Waals surface area contributed by atoms with Gasteiger partial charge in [0.15, 0.2) is 11.6 Å². The molecule has 0 saturated carbocycles. The van der Waals surface area contributed by atoms with Gasteiger partial charge in [0, 0.05) is 11.8 Å². The molecule has 0 radical (unpaired) electrons. The molecule has 1 aromatic rings. The van der Waals surface area contributed by atoms with Gasteiger partial charge < -0.3 is 23.8 Å². The smallest absolute Gasteiger partial charge is 0.355 e. The number of methoxy groups -OCH3 is 2. The standard InChI is InChI=1S/C19H24FNO6/c1-19(2,3)10-27-15-7-6-12(8-14(15)20)21-11-26-9-13(17(22)24-4)16(21)18(23)25-5/h6-8H,9-11H2,1-5H3. The Morgan fingerprint density at radius 2 is 1.85 bits per heavy atom. The number of anilines is 1. The Kier molecular flexibility index (Phi) is 6.43. The van der Waals surface area contributed by atoms with Crippen LogP contribution in [0.3, 0.4) is 0 Å². The molecular weight excluding hydrogens is 357 g/mol. The van der Waals surface area contributed by atoms with Crippen LogP contribution in [-0.2, 0) is 23.8 Å². The van der Waals surface area contributed by atoms with E-state index in [0.29, 0.717) is 12.3 Å². The first-order valence-electron chi connectivity index (χ1n) is 8.35. The van der Waals surface area contributed by atoms with E-state index in [1.807, 2.05) is 20.8 Å². The van der Waals surface area contributed by atoms with Crippen molar-refractivity contribution in [3.8, 4) is 5.75 Å². The fraction of sp³-hybridized carbons (Fsp3) is 0.474. The van der Waals surface area contributed by atoms with Crippen molar-refractivity contribution in [1.29, 1.82) is 0 Å². The Labute approximate surface area is 157 Å². The summed E-state index contributed by atoms with van der Waals surface area (Å²) in [5, 5.41) is 0. The van der Waals surface area contributed by atoms with Gasteiger partial charge in [-0.1, -0.05) is 20.8 Å². The SMILES string of the molecule is COC(=O)C1=C(C(=O)OC)N(c2ccc(OCC(C)(C)C)c(F)c2)COC1. The monoisotopic (exact) mass is 381 g/mol. The van der Waals surface area contributed by atoms with Crippen LogP contribution in [0.4, 0.5) is 10.1 Å². The first-order chi connectivity index (χ1) is 12.7. The molecule has 148 valence electrons. The van der Waals surface area contributed by atoms with Crippen LogP contribution in [0, 0.1) is 11.2 Å². The van der Waals surface area contributed by atoms with Gasteiger partial charge in [0.2, 0.25) is 0 Å². The minimum atomic E-state index is -0.743. The average molecular weight is 381 g/mol. The lowest BCUT2D eigenvalue weighted by molar-refractivity contribution is -0.140. The number of carbonyl (C=O) groups is 2. The van der Waals surface area contributed by atoms with Gasteiger partial charge in [0.1, 0.15) is 12.4 Å². The summed E-state index contributed by atoms with van der Waals surface area (Å²) in [5.41, 5.74) is 0.154. The van der Waals surface area contributed by atoms with Gasteiger partial charge in [-0.15, -0.1) is 0 Å². The predicted molar refractivity (Wildman–Crippen MR) is 95.7 cm³/mol. The van der Waals surface area contributed by atoms with Crippen molar-refractivity contribution in [2.75, 3.05) is 39.1 Å². The molecule has 7 nitrogen and oxygen atoms in total. The maximum absolute atomic E-state index is 14.5. The lowest BCUT2D eigenvalue weighted by Gasteiger charge is -2.31. The van der Waals surface area contributed by atoms with Crippen molar-refractivity contribution in [3.05, 3.63) is 35.3 Å². The number of hydrogen-bond acceptors (Lipinski definition) is 7. The van der Waals surface area contributed by atoms with Crippen molar-refractivity contribution in [2.45, 2.75) is 20.8 Å². The fourth-order valence-electron chi connectivity index (χ4n) is 2.42. The number of rotatable bonds is 5. The van der Waals surface area contributed by atoms with E-state index in [1.54, 1.807) is 6.07 Å². The third-order valence-electron chi connectivity index (χ3n) is 3.72. The summed E-state index contributed by atoms with van der Waals surface area (Å²) in [7, 11) is 2.39. The number of carbonyl (C=O) groups excluding carboxylic acids is 2. The topological polar surface area (TPSA) is 74.3 Å². The highest BCUT2D eigenvalue weighted by atomic mass is 19.1. The van der Waals surface area contributed by atoms with E-state index in [0.717, 1.165) is 0 Å². The van der Waals surface area contributed by atoms with Crippen LogP contribution in [-0.4, -0.2) is 46.1 Å². The van der Waals surface area contributed by atoms with Crippen LogP contribution in [0.5, 0.6) is 5.75 Å². The summed E-state index contributed by atoms with van der Waals surface area (Å²) < 4.78 is 34.9. The van der Waals surface area contributed by atoms with Crippen molar-refractivity contribution in [2.24, 2.45) is 5.41 Å². The number of hydrogen-bond donors (Lipinski definition) is 0. The van der Waals surface area contributed by atoms with E-state index in [9.17, 15) is 14.0 Å². The fourth-order valence-corrected chi connectivity index (χ4v) is 2.42. The molecular formula is C19H24FNO6. The minimum absolute atomic E-state index is 0.00377. The van der Waals surface area contributed by atoms with Crippen LogP contribution in [0.15, 0.2) is 29.5 Å². The van der Waals surface area contributed by atoms with E-state index < -0.39 is 17.8 Å². The number of nitrogens with zero attached hydrogens (tertiary/aromatic N) is 1. The molecule has 0 amide bonds. The third kappa shape index (κ3) is 4.97. The zero-order valence-electron chi connectivity index (χ0n) is 16.1. The minimum Gasteiger partial charge on any atom is -0.490 e. The van der Waals surface area contributed by atoms with Crippen LogP contribution in [0.2, 0.25) is 0 Å². The molecule has 1 aromatic carbocycles. The third-order valence-corrected chi connectivity index (χ3v) is 3.72. The largest absolute Gasteiger partial charge is 0.490 e. The number of benzene rings is 1. The van der Waals surface area contributed by atoms with E-state index in [1.165, 1.54) is 31.3 Å². The molecule has 0 fully saturated rings. The zero-order valence-corrected chi connectivity index (χ0v) is 16.1. The highest BCUT2D eigenvalue weighted by molar-refractivity contribution is 6.03. The van der Waals surface area contributed by atoms with E-state index in [2.05, 4.69) is 0 Å². The molecule has 1 aliphatic heterocycles. The molecule has 0 atom stereocenters. The molecule has 0 aromatic heterocycles. The molecule has 0 aliphatic carbocycles. The number of ether oxygens (including phenoxy) is 4. The molecule has 2 rings (SSSR count). The summed E-state index contributed by atoms with van der Waals surface area (Å²) in [4.78, 5) is 25.6. The molecule has 27 heavy (non-hydrogen) atoms. The molecule has 0 saturated heterocycles. The lowest BCUT2D eigenvalue weighted by Crippen LogP contribution is -2.38. The Morgan fingerprint density at radius 3 is 2.41 bits per heavy atom. The highest BCUT2D eigenvalue weighted by Crippen LogP contribution is 2.30. The highest BCUT2D eigenvalue weighted by Gasteiger charge is 2.32. The average Bonchev–Trinajstić information content (AvgIpc) is 2.64. The summed E-state index contributed by atoms with van der Waals surface area (Å²) in [6, 6.07) is 4.26. The Morgan fingerprint density at radius 1 is 1.19 bits per heavy atom. The Hall–Kier alpha value is -2.61. The summed E-state index contributed by atoms with van der Waals surface area (Å²) in [6.45, 7) is 6.12. The van der Waals surface area contributed by atoms with Crippen LogP contribution >= 0.6 is 0 Å². The molecule has 0 unspecified atom stereocenters. The predicted octanol–water partition coefficient (Wildman–Crippen LogP) is 2.64. The van der Waals surface area contributed by atoms with Crippen molar-refractivity contribution < 1.29 is 32.9 Å². The molecule has 0 N–H and O–H groups in total. The van der Waals surface area contributed by atoms with E-state index >= 15 is 0 Å². The van der Waals surface area contributed by atoms with Crippen molar-refractivity contribution in [3.63, 3.8) is 0 Å². The summed E-state index contributed by atoms with van der Waals surface area (Å²) >= 11 is 0.